The van der Waals surface area contributed by atoms with Gasteiger partial charge >= 0.3 is 17.9 Å². The molecule has 9 aliphatic rings. The summed E-state index contributed by atoms with van der Waals surface area (Å²) >= 11 is 0. The standard InChI is InChI=1S/C20H34O3.C20H32O3.C20H30O2/c2*1-18(11-12-21)10-7-15-14(13-18)5-6-16-19(15,2)8-4-9-20(16,3)17(22)23;1-5-18(2)12-9-15-14(13-18)7-8-16-19(15,3)10-6-11-20(16,4)17(21)22/h14-16,21H,4-13H2,1-3H3,(H,22,23);7,14,16,21H,4-6,8-13H2,1-3H3,(H,22,23);5,9,14,16H,1,6-8,10-13H2,2-4H3,(H,21,22)/t14?,15?,16?,18-,19+,20-;14?,16?,18-,19+,20-;14?,16?,18-,19-,20+/m110/s1. The third-order valence-electron chi connectivity index (χ3n) is 23.1. The number of carboxylic acid groups (broad SMARTS) is 3. The molecule has 9 rings (SSSR count). The Kier molecular flexibility index (Phi) is 15.1. The molecule has 16 atom stereocenters. The van der Waals surface area contributed by atoms with Gasteiger partial charge in [0, 0.05) is 13.2 Å². The third kappa shape index (κ3) is 9.18. The molecule has 0 spiro atoms. The lowest BCUT2D eigenvalue weighted by atomic mass is 9.43. The molecule has 0 radical (unpaired) electrons. The van der Waals surface area contributed by atoms with Gasteiger partial charge in [0.15, 0.2) is 0 Å². The Morgan fingerprint density at radius 1 is 0.544 bits per heavy atom. The predicted molar refractivity (Wildman–Crippen MR) is 272 cm³/mol. The zero-order valence-corrected chi connectivity index (χ0v) is 44.3. The van der Waals surface area contributed by atoms with E-state index in [1.807, 2.05) is 20.8 Å². The fraction of sp³-hybridized carbons (Fsp3) is 0.850. The molecule has 5 N–H and O–H groups in total. The molecule has 0 aliphatic heterocycles. The van der Waals surface area contributed by atoms with Crippen LogP contribution in [0.5, 0.6) is 0 Å². The predicted octanol–water partition coefficient (Wildman–Crippen LogP) is 14.1. The van der Waals surface area contributed by atoms with Crippen LogP contribution < -0.4 is 0 Å². The van der Waals surface area contributed by atoms with Gasteiger partial charge in [-0.05, 0) is 230 Å². The third-order valence-corrected chi connectivity index (χ3v) is 23.1. The number of carboxylic acids is 3. The Bertz CT molecular complexity index is 1970. The number of hydrogen-bond donors (Lipinski definition) is 5. The van der Waals surface area contributed by atoms with E-state index in [0.29, 0.717) is 41.6 Å². The zero-order chi connectivity index (χ0) is 49.9. The van der Waals surface area contributed by atoms with Gasteiger partial charge < -0.3 is 25.5 Å². The first-order chi connectivity index (χ1) is 31.8. The number of aliphatic hydroxyl groups excluding tert-OH is 2. The molecule has 0 aromatic heterocycles. The van der Waals surface area contributed by atoms with Crippen LogP contribution in [-0.4, -0.2) is 56.7 Å². The SMILES string of the molecule is C=C[C@@]1(C)CC=C2C(CCC3[C@](C)(C(=O)O)CCC[C@@]23C)C1.C[C@]1(CCO)CC=C2C(CCC3[C@](C)(C(=O)O)CCC[C@@]23C)C1.C[C@]1(CCO)CCC2C(CCC3[C@@]2(C)CCC[C@@]3(C)C(=O)O)C1. The Morgan fingerprint density at radius 2 is 1.00 bits per heavy atom. The molecule has 68 heavy (non-hydrogen) atoms. The van der Waals surface area contributed by atoms with E-state index in [-0.39, 0.29) is 39.6 Å². The van der Waals surface area contributed by atoms with Crippen molar-refractivity contribution in [2.75, 3.05) is 13.2 Å². The number of allylic oxidation sites excluding steroid dienone is 5. The fourth-order valence-electron chi connectivity index (χ4n) is 19.0. The summed E-state index contributed by atoms with van der Waals surface area (Å²) in [5.74, 6) is 1.78. The van der Waals surface area contributed by atoms with E-state index in [2.05, 4.69) is 66.3 Å². The summed E-state index contributed by atoms with van der Waals surface area (Å²) in [5.41, 5.74) is 2.60. The van der Waals surface area contributed by atoms with Crippen molar-refractivity contribution in [3.8, 4) is 0 Å². The summed E-state index contributed by atoms with van der Waals surface area (Å²) in [6.45, 7) is 24.6. The van der Waals surface area contributed by atoms with E-state index < -0.39 is 34.2 Å². The van der Waals surface area contributed by atoms with Crippen molar-refractivity contribution in [3.05, 3.63) is 36.0 Å². The summed E-state index contributed by atoms with van der Waals surface area (Å²) in [6.07, 6.45) is 32.7. The van der Waals surface area contributed by atoms with Crippen LogP contribution in [0.4, 0.5) is 0 Å². The monoisotopic (exact) mass is 945 g/mol. The number of fused-ring (bicyclic) bond motifs is 9. The molecular weight excluding hydrogens is 849 g/mol. The molecule has 7 unspecified atom stereocenters. The molecule has 0 saturated heterocycles. The molecule has 0 aromatic rings. The first kappa shape index (κ1) is 53.4. The van der Waals surface area contributed by atoms with Crippen LogP contribution in [0.25, 0.3) is 0 Å². The van der Waals surface area contributed by atoms with E-state index in [1.165, 1.54) is 38.5 Å². The Balaban J connectivity index is 0.000000151. The average Bonchev–Trinajstić information content (AvgIpc) is 3.26. The minimum Gasteiger partial charge on any atom is -0.481 e. The number of carbonyl (C=O) groups is 3. The number of aliphatic hydroxyl groups is 2. The molecule has 384 valence electrons. The van der Waals surface area contributed by atoms with Crippen LogP contribution >= 0.6 is 0 Å². The lowest BCUT2D eigenvalue weighted by Crippen LogP contribution is -2.56. The second-order valence-corrected chi connectivity index (χ2v) is 27.5. The first-order valence-electron chi connectivity index (χ1n) is 27.7. The molecule has 0 aromatic carbocycles. The van der Waals surface area contributed by atoms with Gasteiger partial charge in [-0.15, -0.1) is 6.58 Å². The van der Waals surface area contributed by atoms with Crippen molar-refractivity contribution >= 4 is 17.9 Å². The maximum absolute atomic E-state index is 12.0. The van der Waals surface area contributed by atoms with Gasteiger partial charge in [-0.2, -0.15) is 0 Å². The van der Waals surface area contributed by atoms with Gasteiger partial charge in [0.25, 0.3) is 0 Å². The van der Waals surface area contributed by atoms with Crippen molar-refractivity contribution in [2.24, 2.45) is 90.2 Å². The van der Waals surface area contributed by atoms with Crippen molar-refractivity contribution in [1.82, 2.24) is 0 Å². The van der Waals surface area contributed by atoms with Crippen LogP contribution in [-0.2, 0) is 14.4 Å². The van der Waals surface area contributed by atoms with Gasteiger partial charge in [-0.1, -0.05) is 90.2 Å². The van der Waals surface area contributed by atoms with Gasteiger partial charge in [-0.3, -0.25) is 14.4 Å². The highest BCUT2D eigenvalue weighted by atomic mass is 16.4. The van der Waals surface area contributed by atoms with Gasteiger partial charge in [0.1, 0.15) is 0 Å². The van der Waals surface area contributed by atoms with Crippen molar-refractivity contribution in [1.29, 1.82) is 0 Å². The zero-order valence-electron chi connectivity index (χ0n) is 44.3. The lowest BCUT2D eigenvalue weighted by Gasteiger charge is -2.61. The smallest absolute Gasteiger partial charge is 0.309 e. The normalized spacial score (nSPS) is 48.1. The number of rotatable bonds is 8. The Labute approximate surface area is 412 Å². The van der Waals surface area contributed by atoms with E-state index in [0.717, 1.165) is 121 Å². The molecule has 9 aliphatic carbocycles. The van der Waals surface area contributed by atoms with Crippen LogP contribution in [0, 0.1) is 90.2 Å². The van der Waals surface area contributed by atoms with Crippen LogP contribution in [0.1, 0.15) is 216 Å². The van der Waals surface area contributed by atoms with Gasteiger partial charge in [0.05, 0.1) is 16.2 Å². The molecule has 0 heterocycles. The van der Waals surface area contributed by atoms with Crippen LogP contribution in [0.2, 0.25) is 0 Å². The molecule has 8 nitrogen and oxygen atoms in total. The second kappa shape index (κ2) is 19.2. The largest absolute Gasteiger partial charge is 0.481 e. The summed E-state index contributed by atoms with van der Waals surface area (Å²) in [5, 5.41) is 48.3. The quantitative estimate of drug-likeness (QED) is 0.151. The highest BCUT2D eigenvalue weighted by molar-refractivity contribution is 5.76. The van der Waals surface area contributed by atoms with Gasteiger partial charge in [-0.25, -0.2) is 0 Å². The summed E-state index contributed by atoms with van der Waals surface area (Å²) < 4.78 is 0. The summed E-state index contributed by atoms with van der Waals surface area (Å²) in [6, 6.07) is 0. The fourth-order valence-corrected chi connectivity index (χ4v) is 19.0. The van der Waals surface area contributed by atoms with Crippen molar-refractivity contribution in [2.45, 2.75) is 216 Å². The molecule has 7 fully saturated rings. The van der Waals surface area contributed by atoms with E-state index in [1.54, 1.807) is 11.1 Å². The molecular formula is C60H96O8. The average molecular weight is 945 g/mol. The minimum atomic E-state index is -0.603. The van der Waals surface area contributed by atoms with E-state index >= 15 is 0 Å². The Morgan fingerprint density at radius 3 is 1.50 bits per heavy atom. The minimum absolute atomic E-state index is 0.0643. The molecule has 8 heteroatoms. The van der Waals surface area contributed by atoms with Crippen molar-refractivity contribution in [3.63, 3.8) is 0 Å². The number of hydrogen-bond acceptors (Lipinski definition) is 5. The molecule has 0 amide bonds. The highest BCUT2D eigenvalue weighted by Gasteiger charge is 2.62. The maximum Gasteiger partial charge on any atom is 0.309 e. The number of aliphatic carboxylic acids is 3. The second-order valence-electron chi connectivity index (χ2n) is 27.5. The van der Waals surface area contributed by atoms with Gasteiger partial charge in [0.2, 0.25) is 0 Å². The molecule has 0 bridgehead atoms. The topological polar surface area (TPSA) is 152 Å². The van der Waals surface area contributed by atoms with E-state index in [9.17, 15) is 39.9 Å². The van der Waals surface area contributed by atoms with Crippen LogP contribution in [0.3, 0.4) is 0 Å². The molecule has 7 saturated carbocycles. The van der Waals surface area contributed by atoms with Crippen molar-refractivity contribution < 1.29 is 39.9 Å². The highest BCUT2D eigenvalue weighted by Crippen LogP contribution is 2.68. The Hall–Kier alpha value is -2.45. The summed E-state index contributed by atoms with van der Waals surface area (Å²) in [7, 11) is 0. The lowest BCUT2D eigenvalue weighted by molar-refractivity contribution is -0.174. The first-order valence-corrected chi connectivity index (χ1v) is 27.7. The summed E-state index contributed by atoms with van der Waals surface area (Å²) in [4.78, 5) is 35.9. The van der Waals surface area contributed by atoms with E-state index in [4.69, 9.17) is 0 Å². The maximum atomic E-state index is 12.0. The van der Waals surface area contributed by atoms with Crippen LogP contribution in [0.15, 0.2) is 36.0 Å².